The second-order valence-corrected chi connectivity index (χ2v) is 4.13. The maximum Gasteiger partial charge on any atom is 0.304 e. The van der Waals surface area contributed by atoms with Gasteiger partial charge in [0, 0.05) is 30.8 Å². The summed E-state index contributed by atoms with van der Waals surface area (Å²) in [6.07, 6.45) is 0.0216. The molecule has 0 aromatic heterocycles. The number of carbonyl (C=O) groups is 1. The van der Waals surface area contributed by atoms with E-state index in [9.17, 15) is 14.9 Å². The molecule has 0 saturated carbocycles. The van der Waals surface area contributed by atoms with Crippen LogP contribution in [0.3, 0.4) is 0 Å². The van der Waals surface area contributed by atoms with Crippen LogP contribution in [0.1, 0.15) is 12.0 Å². The summed E-state index contributed by atoms with van der Waals surface area (Å²) in [4.78, 5) is 22.5. The van der Waals surface area contributed by atoms with Gasteiger partial charge in [-0.15, -0.1) is 12.4 Å². The van der Waals surface area contributed by atoms with Crippen LogP contribution in [-0.2, 0) is 11.3 Å². The van der Waals surface area contributed by atoms with E-state index in [1.807, 2.05) is 0 Å². The fourth-order valence-electron chi connectivity index (χ4n) is 1.66. The molecule has 0 unspecified atom stereocenters. The lowest BCUT2D eigenvalue weighted by Crippen LogP contribution is -2.21. The highest BCUT2D eigenvalue weighted by atomic mass is 35.5. The van der Waals surface area contributed by atoms with Crippen molar-refractivity contribution in [2.45, 2.75) is 13.0 Å². The summed E-state index contributed by atoms with van der Waals surface area (Å²) in [5.41, 5.74) is 0.645. The van der Waals surface area contributed by atoms with Crippen LogP contribution < -0.4 is 4.74 Å². The van der Waals surface area contributed by atoms with Crippen LogP contribution in [0.2, 0.25) is 0 Å². The molecule has 0 spiro atoms. The van der Waals surface area contributed by atoms with Crippen molar-refractivity contribution in [1.82, 2.24) is 4.90 Å². The molecule has 1 aromatic rings. The first-order chi connectivity index (χ1) is 8.93. The molecule has 0 amide bonds. The first kappa shape index (κ1) is 18.1. The summed E-state index contributed by atoms with van der Waals surface area (Å²) in [5, 5.41) is 19.3. The quantitative estimate of drug-likeness (QED) is 0.611. The Labute approximate surface area is 122 Å². The molecule has 0 bridgehead atoms. The zero-order chi connectivity index (χ0) is 14.4. The zero-order valence-electron chi connectivity index (χ0n) is 11.2. The van der Waals surface area contributed by atoms with E-state index in [1.165, 1.54) is 19.2 Å². The Morgan fingerprint density at radius 3 is 2.65 bits per heavy atom. The molecule has 112 valence electrons. The summed E-state index contributed by atoms with van der Waals surface area (Å²) in [5.74, 6) is -0.328. The van der Waals surface area contributed by atoms with E-state index >= 15 is 0 Å². The molecule has 0 heterocycles. The van der Waals surface area contributed by atoms with Gasteiger partial charge in [0.2, 0.25) is 0 Å². The Balaban J connectivity index is 0.00000361. The van der Waals surface area contributed by atoms with Gasteiger partial charge in [-0.1, -0.05) is 0 Å². The predicted octanol–water partition coefficient (Wildman–Crippen LogP) is 1.93. The largest absolute Gasteiger partial charge is 0.496 e. The van der Waals surface area contributed by atoms with E-state index in [-0.39, 0.29) is 24.5 Å². The smallest absolute Gasteiger partial charge is 0.304 e. The van der Waals surface area contributed by atoms with Crippen molar-refractivity contribution in [2.24, 2.45) is 0 Å². The molecule has 0 atom stereocenters. The molecule has 0 aliphatic rings. The number of halogens is 1. The van der Waals surface area contributed by atoms with Crippen molar-refractivity contribution in [3.8, 4) is 5.75 Å². The van der Waals surface area contributed by atoms with Crippen LogP contribution in [0.5, 0.6) is 5.75 Å². The molecule has 1 aromatic carbocycles. The molecular weight excluding hydrogens is 288 g/mol. The Morgan fingerprint density at radius 1 is 1.50 bits per heavy atom. The molecule has 20 heavy (non-hydrogen) atoms. The van der Waals surface area contributed by atoms with Gasteiger partial charge in [-0.05, 0) is 13.1 Å². The van der Waals surface area contributed by atoms with Gasteiger partial charge in [0.1, 0.15) is 5.75 Å². The van der Waals surface area contributed by atoms with E-state index in [1.54, 1.807) is 18.0 Å². The second-order valence-electron chi connectivity index (χ2n) is 4.13. The number of non-ortho nitro benzene ring substituents is 1. The van der Waals surface area contributed by atoms with Gasteiger partial charge in [-0.25, -0.2) is 0 Å². The molecular formula is C12H17ClN2O5. The number of hydrogen-bond donors (Lipinski definition) is 1. The molecule has 8 heteroatoms. The lowest BCUT2D eigenvalue weighted by atomic mass is 10.1. The van der Waals surface area contributed by atoms with Crippen molar-refractivity contribution >= 4 is 24.1 Å². The molecule has 1 N–H and O–H groups in total. The maximum atomic E-state index is 10.7. The van der Waals surface area contributed by atoms with Gasteiger partial charge in [0.15, 0.2) is 0 Å². The third kappa shape index (κ3) is 5.41. The van der Waals surface area contributed by atoms with Crippen LogP contribution in [0.25, 0.3) is 0 Å². The topological polar surface area (TPSA) is 92.9 Å². The standard InChI is InChI=1S/C12H16N2O5.ClH/c1-13(6-5-12(15)16)8-9-7-10(14(17)18)3-4-11(9)19-2;/h3-4,7H,5-6,8H2,1-2H3,(H,15,16);1H. The van der Waals surface area contributed by atoms with Gasteiger partial charge in [-0.3, -0.25) is 14.9 Å². The van der Waals surface area contributed by atoms with E-state index in [2.05, 4.69) is 0 Å². The van der Waals surface area contributed by atoms with Crippen LogP contribution in [0, 0.1) is 10.1 Å². The molecule has 7 nitrogen and oxygen atoms in total. The number of carboxylic acid groups (broad SMARTS) is 1. The molecule has 0 aliphatic carbocycles. The minimum absolute atomic E-state index is 0. The fourth-order valence-corrected chi connectivity index (χ4v) is 1.66. The van der Waals surface area contributed by atoms with Crippen molar-refractivity contribution < 1.29 is 19.6 Å². The van der Waals surface area contributed by atoms with Crippen molar-refractivity contribution in [2.75, 3.05) is 20.7 Å². The molecule has 0 saturated heterocycles. The van der Waals surface area contributed by atoms with Crippen LogP contribution in [0.4, 0.5) is 5.69 Å². The predicted molar refractivity (Wildman–Crippen MR) is 75.5 cm³/mol. The first-order valence-corrected chi connectivity index (χ1v) is 5.65. The summed E-state index contributed by atoms with van der Waals surface area (Å²) in [6, 6.07) is 4.36. The lowest BCUT2D eigenvalue weighted by molar-refractivity contribution is -0.384. The first-order valence-electron chi connectivity index (χ1n) is 5.65. The van der Waals surface area contributed by atoms with Crippen LogP contribution in [0.15, 0.2) is 18.2 Å². The fraction of sp³-hybridized carbons (Fsp3) is 0.417. The SMILES string of the molecule is COc1ccc([N+](=O)[O-])cc1CN(C)CCC(=O)O.Cl. The molecule has 0 aliphatic heterocycles. The summed E-state index contributed by atoms with van der Waals surface area (Å²) in [6.45, 7) is 0.749. The van der Waals surface area contributed by atoms with Crippen molar-refractivity contribution in [3.63, 3.8) is 0 Å². The summed E-state index contributed by atoms with van der Waals surface area (Å²) < 4.78 is 5.14. The Kier molecular flexibility index (Phi) is 7.56. The van der Waals surface area contributed by atoms with Crippen LogP contribution >= 0.6 is 12.4 Å². The normalized spacial score (nSPS) is 9.95. The Bertz CT molecular complexity index is 481. The number of methoxy groups -OCH3 is 1. The number of nitro groups is 1. The maximum absolute atomic E-state index is 10.7. The number of rotatable bonds is 7. The Morgan fingerprint density at radius 2 is 2.15 bits per heavy atom. The number of ether oxygens (including phenoxy) is 1. The lowest BCUT2D eigenvalue weighted by Gasteiger charge is -2.17. The van der Waals surface area contributed by atoms with Gasteiger partial charge in [0.25, 0.3) is 5.69 Å². The highest BCUT2D eigenvalue weighted by Crippen LogP contribution is 2.24. The number of hydrogen-bond acceptors (Lipinski definition) is 5. The van der Waals surface area contributed by atoms with Crippen LogP contribution in [-0.4, -0.2) is 41.6 Å². The van der Waals surface area contributed by atoms with Crippen molar-refractivity contribution in [3.05, 3.63) is 33.9 Å². The number of aliphatic carboxylic acids is 1. The third-order valence-electron chi connectivity index (χ3n) is 2.62. The van der Waals surface area contributed by atoms with Crippen molar-refractivity contribution in [1.29, 1.82) is 0 Å². The average molecular weight is 305 g/mol. The van der Waals surface area contributed by atoms with Gasteiger partial charge < -0.3 is 14.7 Å². The number of nitro benzene ring substituents is 1. The van der Waals surface area contributed by atoms with E-state index in [0.29, 0.717) is 24.4 Å². The minimum Gasteiger partial charge on any atom is -0.496 e. The third-order valence-corrected chi connectivity index (χ3v) is 2.62. The molecule has 1 rings (SSSR count). The van der Waals surface area contributed by atoms with E-state index < -0.39 is 10.9 Å². The van der Waals surface area contributed by atoms with Gasteiger partial charge in [0.05, 0.1) is 18.5 Å². The van der Waals surface area contributed by atoms with Gasteiger partial charge in [-0.2, -0.15) is 0 Å². The zero-order valence-corrected chi connectivity index (χ0v) is 12.1. The monoisotopic (exact) mass is 304 g/mol. The number of benzene rings is 1. The number of carboxylic acids is 1. The molecule has 0 radical (unpaired) electrons. The summed E-state index contributed by atoms with van der Waals surface area (Å²) in [7, 11) is 3.24. The second kappa shape index (κ2) is 8.34. The Hall–Kier alpha value is -1.86. The average Bonchev–Trinajstić information content (AvgIpc) is 2.36. The number of nitrogens with zero attached hydrogens (tertiary/aromatic N) is 2. The molecule has 0 fully saturated rings. The van der Waals surface area contributed by atoms with E-state index in [0.717, 1.165) is 0 Å². The minimum atomic E-state index is -0.877. The van der Waals surface area contributed by atoms with E-state index in [4.69, 9.17) is 9.84 Å². The summed E-state index contributed by atoms with van der Waals surface area (Å²) >= 11 is 0. The van der Waals surface area contributed by atoms with Gasteiger partial charge >= 0.3 is 5.97 Å². The highest BCUT2D eigenvalue weighted by molar-refractivity contribution is 5.85. The highest BCUT2D eigenvalue weighted by Gasteiger charge is 2.13.